The summed E-state index contributed by atoms with van der Waals surface area (Å²) in [5.41, 5.74) is 1.76. The molecular formula is C12H16BrNO. The molecule has 0 spiro atoms. The maximum atomic E-state index is 10.5. The Morgan fingerprint density at radius 3 is 3.07 bits per heavy atom. The van der Waals surface area contributed by atoms with E-state index in [1.165, 1.54) is 5.56 Å². The number of rotatable bonds is 3. The second-order valence-electron chi connectivity index (χ2n) is 4.15. The zero-order valence-corrected chi connectivity index (χ0v) is 10.5. The Morgan fingerprint density at radius 1 is 1.53 bits per heavy atom. The van der Waals surface area contributed by atoms with Crippen molar-refractivity contribution in [2.24, 2.45) is 0 Å². The molecule has 15 heavy (non-hydrogen) atoms. The topological polar surface area (TPSA) is 32.3 Å². The molecule has 0 amide bonds. The average molecular weight is 270 g/mol. The second kappa shape index (κ2) is 4.24. The summed E-state index contributed by atoms with van der Waals surface area (Å²) in [6.07, 6.45) is 2.59. The van der Waals surface area contributed by atoms with Gasteiger partial charge in [0.15, 0.2) is 0 Å². The van der Waals surface area contributed by atoms with Gasteiger partial charge in [-0.15, -0.1) is 0 Å². The van der Waals surface area contributed by atoms with Crippen molar-refractivity contribution >= 4 is 15.9 Å². The highest BCUT2D eigenvalue weighted by atomic mass is 79.9. The maximum absolute atomic E-state index is 10.5. The van der Waals surface area contributed by atoms with Crippen molar-refractivity contribution in [3.05, 3.63) is 33.8 Å². The predicted octanol–water partition coefficient (Wildman–Crippen LogP) is 2.19. The lowest BCUT2D eigenvalue weighted by Gasteiger charge is -2.23. The monoisotopic (exact) mass is 269 g/mol. The number of nitrogens with one attached hydrogen (secondary N) is 1. The number of aliphatic hydroxyl groups is 1. The van der Waals surface area contributed by atoms with Crippen molar-refractivity contribution < 1.29 is 5.11 Å². The maximum Gasteiger partial charge on any atom is 0.0914 e. The molecule has 1 aliphatic rings. The van der Waals surface area contributed by atoms with Crippen LogP contribution in [0.15, 0.2) is 22.7 Å². The van der Waals surface area contributed by atoms with E-state index in [4.69, 9.17) is 0 Å². The first-order valence-electron chi connectivity index (χ1n) is 5.32. The van der Waals surface area contributed by atoms with E-state index in [-0.39, 0.29) is 0 Å². The lowest BCUT2D eigenvalue weighted by Crippen LogP contribution is -2.27. The van der Waals surface area contributed by atoms with Crippen LogP contribution in [-0.4, -0.2) is 18.7 Å². The minimum absolute atomic E-state index is 0.623. The SMILES string of the molecule is CNCCC1(O)CCc2c(Br)cccc21. The average Bonchev–Trinajstić information content (AvgIpc) is 2.56. The van der Waals surface area contributed by atoms with Crippen molar-refractivity contribution in [3.8, 4) is 0 Å². The molecule has 2 N–H and O–H groups in total. The Balaban J connectivity index is 2.31. The molecule has 2 rings (SSSR count). The quantitative estimate of drug-likeness (QED) is 0.882. The Bertz CT molecular complexity index is 367. The molecule has 0 radical (unpaired) electrons. The molecule has 0 heterocycles. The largest absolute Gasteiger partial charge is 0.385 e. The minimum atomic E-state index is -0.623. The van der Waals surface area contributed by atoms with Gasteiger partial charge in [-0.2, -0.15) is 0 Å². The Morgan fingerprint density at radius 2 is 2.33 bits per heavy atom. The molecular weight excluding hydrogens is 254 g/mol. The summed E-state index contributed by atoms with van der Waals surface area (Å²) in [7, 11) is 1.92. The fourth-order valence-electron chi connectivity index (χ4n) is 2.31. The van der Waals surface area contributed by atoms with Gasteiger partial charge >= 0.3 is 0 Å². The highest BCUT2D eigenvalue weighted by Crippen LogP contribution is 2.41. The van der Waals surface area contributed by atoms with Gasteiger partial charge in [0.25, 0.3) is 0 Å². The van der Waals surface area contributed by atoms with Gasteiger partial charge in [0.2, 0.25) is 0 Å². The van der Waals surface area contributed by atoms with Crippen molar-refractivity contribution in [3.63, 3.8) is 0 Å². The van der Waals surface area contributed by atoms with Gasteiger partial charge in [-0.25, -0.2) is 0 Å². The van der Waals surface area contributed by atoms with Crippen LogP contribution >= 0.6 is 15.9 Å². The van der Waals surface area contributed by atoms with Crippen LogP contribution in [0.5, 0.6) is 0 Å². The number of hydrogen-bond acceptors (Lipinski definition) is 2. The van der Waals surface area contributed by atoms with Crippen molar-refractivity contribution in [2.75, 3.05) is 13.6 Å². The summed E-state index contributed by atoms with van der Waals surface area (Å²) in [6, 6.07) is 6.09. The van der Waals surface area contributed by atoms with Crippen LogP contribution in [0.25, 0.3) is 0 Å². The van der Waals surface area contributed by atoms with Crippen LogP contribution < -0.4 is 5.32 Å². The number of benzene rings is 1. The molecule has 2 nitrogen and oxygen atoms in total. The van der Waals surface area contributed by atoms with Gasteiger partial charge in [0.05, 0.1) is 5.60 Å². The third-order valence-corrected chi connectivity index (χ3v) is 3.94. The van der Waals surface area contributed by atoms with Crippen LogP contribution in [0.3, 0.4) is 0 Å². The minimum Gasteiger partial charge on any atom is -0.385 e. The van der Waals surface area contributed by atoms with Crippen LogP contribution in [0, 0.1) is 0 Å². The summed E-state index contributed by atoms with van der Waals surface area (Å²) in [6.45, 7) is 0.850. The third kappa shape index (κ3) is 1.96. The van der Waals surface area contributed by atoms with E-state index < -0.39 is 5.60 Å². The van der Waals surface area contributed by atoms with Crippen LogP contribution in [0.4, 0.5) is 0 Å². The summed E-state index contributed by atoms with van der Waals surface area (Å²) in [5, 5.41) is 13.6. The number of fused-ring (bicyclic) bond motifs is 1. The molecule has 0 saturated carbocycles. The first-order valence-corrected chi connectivity index (χ1v) is 6.11. The van der Waals surface area contributed by atoms with Crippen molar-refractivity contribution in [1.29, 1.82) is 0 Å². The van der Waals surface area contributed by atoms with Gasteiger partial charge in [0, 0.05) is 4.47 Å². The highest BCUT2D eigenvalue weighted by molar-refractivity contribution is 9.10. The van der Waals surface area contributed by atoms with Crippen LogP contribution in [0.2, 0.25) is 0 Å². The summed E-state index contributed by atoms with van der Waals surface area (Å²) in [4.78, 5) is 0. The molecule has 1 aromatic carbocycles. The fraction of sp³-hybridized carbons (Fsp3) is 0.500. The molecule has 82 valence electrons. The molecule has 1 unspecified atom stereocenters. The van der Waals surface area contributed by atoms with E-state index in [9.17, 15) is 5.11 Å². The van der Waals surface area contributed by atoms with Gasteiger partial charge in [-0.05, 0) is 50.0 Å². The molecule has 0 aliphatic heterocycles. The normalized spacial score (nSPS) is 24.2. The summed E-state index contributed by atoms with van der Waals surface area (Å²) < 4.78 is 1.13. The van der Waals surface area contributed by atoms with Crippen molar-refractivity contribution in [2.45, 2.75) is 24.9 Å². The van der Waals surface area contributed by atoms with Crippen molar-refractivity contribution in [1.82, 2.24) is 5.32 Å². The number of halogens is 1. The number of hydrogen-bond donors (Lipinski definition) is 2. The zero-order valence-electron chi connectivity index (χ0n) is 8.89. The van der Waals surface area contributed by atoms with E-state index in [2.05, 4.69) is 21.2 Å². The molecule has 1 aliphatic carbocycles. The molecule has 0 fully saturated rings. The third-order valence-electron chi connectivity index (χ3n) is 3.20. The highest BCUT2D eigenvalue weighted by Gasteiger charge is 2.36. The summed E-state index contributed by atoms with van der Waals surface area (Å²) in [5.74, 6) is 0. The van der Waals surface area contributed by atoms with E-state index in [0.717, 1.165) is 35.8 Å². The van der Waals surface area contributed by atoms with E-state index in [1.54, 1.807) is 0 Å². The van der Waals surface area contributed by atoms with E-state index in [1.807, 2.05) is 25.2 Å². The predicted molar refractivity (Wildman–Crippen MR) is 64.9 cm³/mol. The standard InChI is InChI=1S/C12H16BrNO/c1-14-8-7-12(15)6-5-9-10(12)3-2-4-11(9)13/h2-4,14-15H,5-8H2,1H3. The molecule has 0 aromatic heterocycles. The van der Waals surface area contributed by atoms with Crippen LogP contribution in [-0.2, 0) is 12.0 Å². The van der Waals surface area contributed by atoms with Gasteiger partial charge < -0.3 is 10.4 Å². The van der Waals surface area contributed by atoms with E-state index in [0.29, 0.717) is 0 Å². The first kappa shape index (κ1) is 11.1. The Hall–Kier alpha value is -0.380. The lowest BCUT2D eigenvalue weighted by atomic mass is 9.92. The van der Waals surface area contributed by atoms with Gasteiger partial charge in [-0.1, -0.05) is 28.1 Å². The Labute approximate surface area is 98.8 Å². The van der Waals surface area contributed by atoms with Gasteiger partial charge in [0.1, 0.15) is 0 Å². The molecule has 3 heteroatoms. The molecule has 0 bridgehead atoms. The molecule has 1 aromatic rings. The fourth-order valence-corrected chi connectivity index (χ4v) is 2.87. The molecule has 0 saturated heterocycles. The zero-order chi connectivity index (χ0) is 10.9. The molecule has 1 atom stereocenters. The lowest BCUT2D eigenvalue weighted by molar-refractivity contribution is 0.0303. The smallest absolute Gasteiger partial charge is 0.0914 e. The second-order valence-corrected chi connectivity index (χ2v) is 5.01. The first-order chi connectivity index (χ1) is 7.17. The van der Waals surface area contributed by atoms with E-state index >= 15 is 0 Å². The Kier molecular flexibility index (Phi) is 3.14. The van der Waals surface area contributed by atoms with Crippen LogP contribution in [0.1, 0.15) is 24.0 Å². The summed E-state index contributed by atoms with van der Waals surface area (Å²) >= 11 is 3.54. The van der Waals surface area contributed by atoms with Gasteiger partial charge in [-0.3, -0.25) is 0 Å².